The SMILES string of the molecule is CC#C[C@@H](CC(=O)O)c1ccc(OCc2ccc(CN3CCC4(C=Cc5ccccc54)CC3)cc2)cc1F. The smallest absolute Gasteiger partial charge is 0.304 e. The molecule has 5 rings (SSSR count). The van der Waals surface area contributed by atoms with Crippen molar-refractivity contribution < 1.29 is 19.0 Å². The highest BCUT2D eigenvalue weighted by Gasteiger charge is 2.37. The predicted molar refractivity (Wildman–Crippen MR) is 147 cm³/mol. The second-order valence-corrected chi connectivity index (χ2v) is 10.2. The molecule has 4 nitrogen and oxygen atoms in total. The van der Waals surface area contributed by atoms with Gasteiger partial charge in [0.1, 0.15) is 18.2 Å². The maximum atomic E-state index is 14.7. The quantitative estimate of drug-likeness (QED) is 0.350. The fraction of sp³-hybridized carbons (Fsp3) is 0.303. The molecule has 0 radical (unpaired) electrons. The summed E-state index contributed by atoms with van der Waals surface area (Å²) in [5.41, 5.74) is 5.59. The summed E-state index contributed by atoms with van der Waals surface area (Å²) in [6.45, 7) is 5.01. The highest BCUT2D eigenvalue weighted by atomic mass is 19.1. The summed E-state index contributed by atoms with van der Waals surface area (Å²) in [6.07, 6.45) is 6.74. The van der Waals surface area contributed by atoms with Gasteiger partial charge in [-0.05, 0) is 61.2 Å². The maximum Gasteiger partial charge on any atom is 0.304 e. The van der Waals surface area contributed by atoms with Gasteiger partial charge < -0.3 is 9.84 Å². The Balaban J connectivity index is 1.13. The normalized spacial score (nSPS) is 16.5. The van der Waals surface area contributed by atoms with E-state index < -0.39 is 17.7 Å². The van der Waals surface area contributed by atoms with Crippen molar-refractivity contribution >= 4 is 12.0 Å². The number of likely N-dealkylation sites (tertiary alicyclic amines) is 1. The highest BCUT2D eigenvalue weighted by molar-refractivity contribution is 5.69. The Labute approximate surface area is 223 Å². The molecule has 1 atom stereocenters. The molecule has 0 amide bonds. The number of hydrogen-bond acceptors (Lipinski definition) is 3. The van der Waals surface area contributed by atoms with E-state index >= 15 is 0 Å². The van der Waals surface area contributed by atoms with Gasteiger partial charge in [0, 0.05) is 23.6 Å². The summed E-state index contributed by atoms with van der Waals surface area (Å²) in [5, 5.41) is 9.09. The fourth-order valence-corrected chi connectivity index (χ4v) is 5.61. The zero-order valence-corrected chi connectivity index (χ0v) is 21.6. The number of carboxylic acids is 1. The van der Waals surface area contributed by atoms with Crippen molar-refractivity contribution in [3.8, 4) is 17.6 Å². The van der Waals surface area contributed by atoms with Gasteiger partial charge in [0.15, 0.2) is 0 Å². The minimum atomic E-state index is -1.01. The molecule has 1 spiro atoms. The van der Waals surface area contributed by atoms with Gasteiger partial charge >= 0.3 is 5.97 Å². The Morgan fingerprint density at radius 1 is 1.08 bits per heavy atom. The van der Waals surface area contributed by atoms with Crippen LogP contribution in [0.15, 0.2) is 72.8 Å². The van der Waals surface area contributed by atoms with E-state index in [0.717, 1.165) is 38.0 Å². The number of benzene rings is 3. The average Bonchev–Trinajstić information content (AvgIpc) is 3.27. The van der Waals surface area contributed by atoms with Crippen LogP contribution in [-0.2, 0) is 23.4 Å². The lowest BCUT2D eigenvalue weighted by Crippen LogP contribution is -2.40. The molecule has 194 valence electrons. The van der Waals surface area contributed by atoms with Gasteiger partial charge in [-0.1, -0.05) is 72.7 Å². The van der Waals surface area contributed by atoms with Crippen LogP contribution < -0.4 is 4.74 Å². The highest BCUT2D eigenvalue weighted by Crippen LogP contribution is 2.43. The molecule has 0 bridgehead atoms. The number of piperidine rings is 1. The van der Waals surface area contributed by atoms with E-state index in [2.05, 4.69) is 77.4 Å². The molecule has 2 aliphatic rings. The molecule has 3 aromatic rings. The number of nitrogens with zero attached hydrogens (tertiary/aromatic N) is 1. The topological polar surface area (TPSA) is 49.8 Å². The Kier molecular flexibility index (Phi) is 7.62. The van der Waals surface area contributed by atoms with Crippen molar-refractivity contribution in [1.29, 1.82) is 0 Å². The van der Waals surface area contributed by atoms with Crippen LogP contribution in [0.3, 0.4) is 0 Å². The first-order valence-corrected chi connectivity index (χ1v) is 13.1. The third kappa shape index (κ3) is 5.66. The van der Waals surface area contributed by atoms with Crippen LogP contribution >= 0.6 is 0 Å². The van der Waals surface area contributed by atoms with Crippen LogP contribution in [0, 0.1) is 17.7 Å². The number of allylic oxidation sites excluding steroid dienone is 1. The van der Waals surface area contributed by atoms with E-state index in [1.165, 1.54) is 22.8 Å². The van der Waals surface area contributed by atoms with Gasteiger partial charge in [-0.3, -0.25) is 9.69 Å². The third-order valence-electron chi connectivity index (χ3n) is 7.71. The van der Waals surface area contributed by atoms with Crippen LogP contribution in [0.25, 0.3) is 6.08 Å². The summed E-state index contributed by atoms with van der Waals surface area (Å²) in [7, 11) is 0. The molecule has 1 fully saturated rings. The number of carbonyl (C=O) groups is 1. The van der Waals surface area contributed by atoms with Gasteiger partial charge in [0.2, 0.25) is 0 Å². The number of rotatable bonds is 8. The number of hydrogen-bond donors (Lipinski definition) is 1. The van der Waals surface area contributed by atoms with Crippen molar-refractivity contribution in [1.82, 2.24) is 4.90 Å². The Hall–Kier alpha value is -3.88. The molecule has 1 N–H and O–H groups in total. The molecule has 1 saturated heterocycles. The number of carboxylic acid groups (broad SMARTS) is 1. The molecule has 3 aromatic carbocycles. The molecule has 1 heterocycles. The van der Waals surface area contributed by atoms with Crippen LogP contribution in [0.2, 0.25) is 0 Å². The molecular weight excluding hydrogens is 477 g/mol. The summed E-state index contributed by atoms with van der Waals surface area (Å²) < 4.78 is 20.5. The van der Waals surface area contributed by atoms with Crippen LogP contribution in [0.4, 0.5) is 4.39 Å². The molecular formula is C33H32FNO3. The molecule has 1 aliphatic heterocycles. The van der Waals surface area contributed by atoms with Gasteiger partial charge in [0.25, 0.3) is 0 Å². The lowest BCUT2D eigenvalue weighted by molar-refractivity contribution is -0.137. The van der Waals surface area contributed by atoms with E-state index in [1.807, 2.05) is 0 Å². The number of halogens is 1. The first kappa shape index (κ1) is 25.8. The fourth-order valence-electron chi connectivity index (χ4n) is 5.61. The molecule has 5 heteroatoms. The van der Waals surface area contributed by atoms with Crippen molar-refractivity contribution in [3.05, 3.63) is 106 Å². The van der Waals surface area contributed by atoms with Crippen molar-refractivity contribution in [2.75, 3.05) is 13.1 Å². The second kappa shape index (κ2) is 11.2. The van der Waals surface area contributed by atoms with Crippen molar-refractivity contribution in [2.24, 2.45) is 0 Å². The Morgan fingerprint density at radius 2 is 1.82 bits per heavy atom. The largest absolute Gasteiger partial charge is 0.489 e. The molecule has 0 unspecified atom stereocenters. The second-order valence-electron chi connectivity index (χ2n) is 10.2. The predicted octanol–water partition coefficient (Wildman–Crippen LogP) is 6.55. The van der Waals surface area contributed by atoms with Crippen LogP contribution in [0.1, 0.15) is 59.9 Å². The summed E-state index contributed by atoms with van der Waals surface area (Å²) >= 11 is 0. The van der Waals surface area contributed by atoms with E-state index in [1.54, 1.807) is 19.1 Å². The minimum absolute atomic E-state index is 0.201. The lowest BCUT2D eigenvalue weighted by atomic mass is 9.74. The first-order valence-electron chi connectivity index (χ1n) is 13.1. The number of aliphatic carboxylic acids is 1. The zero-order valence-electron chi connectivity index (χ0n) is 21.6. The monoisotopic (exact) mass is 509 g/mol. The maximum absolute atomic E-state index is 14.7. The summed E-state index contributed by atoms with van der Waals surface area (Å²) in [4.78, 5) is 13.6. The van der Waals surface area contributed by atoms with E-state index in [0.29, 0.717) is 12.4 Å². The first-order chi connectivity index (χ1) is 18.5. The summed E-state index contributed by atoms with van der Waals surface area (Å²) in [6, 6.07) is 21.7. The molecule has 0 aromatic heterocycles. The van der Waals surface area contributed by atoms with E-state index in [-0.39, 0.29) is 17.4 Å². The lowest BCUT2D eigenvalue weighted by Gasteiger charge is -2.39. The Morgan fingerprint density at radius 3 is 2.53 bits per heavy atom. The van der Waals surface area contributed by atoms with Crippen LogP contribution in [-0.4, -0.2) is 29.1 Å². The van der Waals surface area contributed by atoms with Crippen molar-refractivity contribution in [3.63, 3.8) is 0 Å². The standard InChI is InChI=1S/C33H32FNO3/c1-2-5-27(20-32(36)37)29-13-12-28(21-31(29)34)38-23-25-10-8-24(9-11-25)22-35-18-16-33(17-19-35)15-14-26-6-3-4-7-30(26)33/h3-4,6-15,21,27H,16-20,22-23H2,1H3,(H,36,37)/t27-/m0/s1. The molecule has 38 heavy (non-hydrogen) atoms. The van der Waals surface area contributed by atoms with Gasteiger partial charge in [0.05, 0.1) is 12.3 Å². The zero-order chi connectivity index (χ0) is 26.5. The minimum Gasteiger partial charge on any atom is -0.489 e. The number of fused-ring (bicyclic) bond motifs is 2. The van der Waals surface area contributed by atoms with Gasteiger partial charge in [-0.2, -0.15) is 0 Å². The van der Waals surface area contributed by atoms with E-state index in [4.69, 9.17) is 9.84 Å². The number of ether oxygens (including phenoxy) is 1. The van der Waals surface area contributed by atoms with Gasteiger partial charge in [-0.25, -0.2) is 4.39 Å². The van der Waals surface area contributed by atoms with E-state index in [9.17, 15) is 9.18 Å². The molecule has 0 saturated carbocycles. The Bertz CT molecular complexity index is 1390. The molecule has 1 aliphatic carbocycles. The summed E-state index contributed by atoms with van der Waals surface area (Å²) in [5.74, 6) is 3.67. The van der Waals surface area contributed by atoms with Crippen LogP contribution in [0.5, 0.6) is 5.75 Å². The van der Waals surface area contributed by atoms with Gasteiger partial charge in [-0.15, -0.1) is 5.92 Å². The third-order valence-corrected chi connectivity index (χ3v) is 7.71. The van der Waals surface area contributed by atoms with Crippen molar-refractivity contribution in [2.45, 2.75) is 50.7 Å². The average molecular weight is 510 g/mol.